The van der Waals surface area contributed by atoms with Crippen LogP contribution in [0.1, 0.15) is 68.4 Å². The van der Waals surface area contributed by atoms with Gasteiger partial charge in [-0.3, -0.25) is 9.05 Å². The van der Waals surface area contributed by atoms with E-state index in [2.05, 4.69) is 11.6 Å². The summed E-state index contributed by atoms with van der Waals surface area (Å²) in [4.78, 5) is 12.7. The Kier molecular flexibility index (Phi) is 12.5. The van der Waals surface area contributed by atoms with Crippen molar-refractivity contribution >= 4 is 23.6 Å². The van der Waals surface area contributed by atoms with Gasteiger partial charge in [0.25, 0.3) is 0 Å². The summed E-state index contributed by atoms with van der Waals surface area (Å²) < 4.78 is 55.6. The summed E-state index contributed by atoms with van der Waals surface area (Å²) in [5.41, 5.74) is 4.19. The Hall–Kier alpha value is -2.47. The van der Waals surface area contributed by atoms with Crippen LogP contribution in [0.25, 0.3) is 0 Å². The first-order valence-corrected chi connectivity index (χ1v) is 15.5. The highest BCUT2D eigenvalue weighted by molar-refractivity contribution is 7.89. The summed E-state index contributed by atoms with van der Waals surface area (Å²) in [5.74, 6) is 2.24. The van der Waals surface area contributed by atoms with Gasteiger partial charge in [0.15, 0.2) is 0 Å². The van der Waals surface area contributed by atoms with E-state index in [1.54, 1.807) is 38.1 Å². The van der Waals surface area contributed by atoms with E-state index >= 15 is 0 Å². The van der Waals surface area contributed by atoms with Crippen molar-refractivity contribution in [1.29, 1.82) is 0 Å². The Labute approximate surface area is 220 Å². The van der Waals surface area contributed by atoms with Crippen molar-refractivity contribution in [2.24, 2.45) is 0 Å². The number of carbonyl (C=O) groups is 1. The summed E-state index contributed by atoms with van der Waals surface area (Å²) in [6, 6.07) is 12.8. The molecule has 2 aromatic carbocycles. The molecule has 0 aliphatic carbocycles. The molecule has 0 radical (unpaired) electrons. The maximum absolute atomic E-state index is 13.0. The number of nitrogens with zero attached hydrogens (tertiary/aromatic N) is 1. The van der Waals surface area contributed by atoms with E-state index < -0.39 is 23.6 Å². The highest BCUT2D eigenvalue weighted by atomic mass is 32.2. The monoisotopic (exact) mass is 549 g/mol. The van der Waals surface area contributed by atoms with Crippen LogP contribution < -0.4 is 0 Å². The summed E-state index contributed by atoms with van der Waals surface area (Å²) in [6.45, 7) is 8.81. The molecular weight excluding hydrogens is 513 g/mol. The summed E-state index contributed by atoms with van der Waals surface area (Å²) in [7, 11) is -7.08. The van der Waals surface area contributed by atoms with Gasteiger partial charge in [-0.15, -0.1) is 0 Å². The van der Waals surface area contributed by atoms with E-state index in [9.17, 15) is 17.8 Å². The molecule has 0 bridgehead atoms. The van der Waals surface area contributed by atoms with Crippen LogP contribution in [-0.2, 0) is 35.0 Å². The molecule has 37 heavy (non-hydrogen) atoms. The van der Waals surface area contributed by atoms with Crippen molar-refractivity contribution in [1.82, 2.24) is 4.31 Å². The molecule has 0 aliphatic heterocycles. The largest absolute Gasteiger partial charge is 0.457 e. The summed E-state index contributed by atoms with van der Waals surface area (Å²) >= 11 is 0. The second kappa shape index (κ2) is 15.1. The van der Waals surface area contributed by atoms with Gasteiger partial charge in [-0.2, -0.15) is 4.31 Å². The van der Waals surface area contributed by atoms with Crippen LogP contribution in [0.2, 0.25) is 0 Å². The molecule has 0 spiro atoms. The minimum atomic E-state index is -3.62. The van der Waals surface area contributed by atoms with Gasteiger partial charge in [0.2, 0.25) is 10.0 Å². The molecule has 0 unspecified atom stereocenters. The van der Waals surface area contributed by atoms with Crippen molar-refractivity contribution in [3.63, 3.8) is 0 Å². The molecule has 0 atom stereocenters. The number of sulfonamides is 1. The third-order valence-electron chi connectivity index (χ3n) is 5.22. The highest BCUT2D eigenvalue weighted by Gasteiger charge is 2.23. The number of hydrogen-bond donors (Lipinski definition) is 0. The smallest absolute Gasteiger partial charge is 0.405 e. The number of carbonyl (C=O) groups excluding carboxylic acids is 1. The molecule has 0 N–H and O–H groups in total. The topological polar surface area (TPSA) is 99.2 Å². The molecule has 0 heterocycles. The summed E-state index contributed by atoms with van der Waals surface area (Å²) in [6.07, 6.45) is 2.42. The fraction of sp³-hybridized carbons (Fsp3) is 0.444. The summed E-state index contributed by atoms with van der Waals surface area (Å²) in [5, 5.41) is 0. The van der Waals surface area contributed by atoms with Crippen molar-refractivity contribution in [2.45, 2.75) is 58.5 Å². The third kappa shape index (κ3) is 9.41. The average Bonchev–Trinajstić information content (AvgIpc) is 2.89. The van der Waals surface area contributed by atoms with Crippen molar-refractivity contribution < 1.29 is 31.6 Å². The van der Waals surface area contributed by atoms with E-state index in [0.29, 0.717) is 18.7 Å². The van der Waals surface area contributed by atoms with Gasteiger partial charge >= 0.3 is 13.6 Å². The van der Waals surface area contributed by atoms with Crippen LogP contribution in [0.4, 0.5) is 0 Å². The number of esters is 1. The zero-order valence-corrected chi connectivity index (χ0v) is 23.6. The standard InChI is InChI=1S/C27H36NO7PS/c1-5-9-20-28(19-6-2)37(31,32)26-16-14-25(15-17-26)27(29)33-22-24-12-10-23(11-13-24)18-21-36(30,34-7-3)35-8-4/h10-17H,5-9,19-20,22H2,1-4H3. The Balaban J connectivity index is 2.01. The first kappa shape index (κ1) is 30.8. The van der Waals surface area contributed by atoms with Gasteiger partial charge in [-0.1, -0.05) is 38.3 Å². The van der Waals surface area contributed by atoms with E-state index in [1.807, 2.05) is 13.8 Å². The van der Waals surface area contributed by atoms with Crippen LogP contribution in [0.3, 0.4) is 0 Å². The van der Waals surface area contributed by atoms with E-state index in [1.165, 1.54) is 28.6 Å². The predicted molar refractivity (Wildman–Crippen MR) is 144 cm³/mol. The fourth-order valence-electron chi connectivity index (χ4n) is 3.34. The molecule has 0 aromatic heterocycles. The van der Waals surface area contributed by atoms with Crippen LogP contribution >= 0.6 is 7.60 Å². The molecule has 0 aliphatic rings. The number of benzene rings is 2. The van der Waals surface area contributed by atoms with E-state index in [4.69, 9.17) is 13.8 Å². The molecule has 0 fully saturated rings. The number of unbranched alkanes of at least 4 members (excludes halogenated alkanes) is 1. The SMILES string of the molecule is CCCCN(CCC)S(=O)(=O)c1ccc(C(=O)OCc2ccc(C#CP(=O)(OCC)OCC)cc2)cc1. The lowest BCUT2D eigenvalue weighted by Crippen LogP contribution is -2.32. The normalized spacial score (nSPS) is 11.7. The van der Waals surface area contributed by atoms with E-state index in [0.717, 1.165) is 24.8 Å². The second-order valence-corrected chi connectivity index (χ2v) is 11.8. The van der Waals surface area contributed by atoms with Crippen LogP contribution in [0, 0.1) is 11.6 Å². The Morgan fingerprint density at radius 1 is 0.892 bits per heavy atom. The minimum Gasteiger partial charge on any atom is -0.457 e. The van der Waals surface area contributed by atoms with Crippen molar-refractivity contribution in [3.05, 3.63) is 65.2 Å². The highest BCUT2D eigenvalue weighted by Crippen LogP contribution is 2.46. The lowest BCUT2D eigenvalue weighted by Gasteiger charge is -2.21. The lowest BCUT2D eigenvalue weighted by atomic mass is 10.1. The number of ether oxygens (including phenoxy) is 1. The average molecular weight is 550 g/mol. The Morgan fingerprint density at radius 2 is 1.51 bits per heavy atom. The quantitative estimate of drug-likeness (QED) is 0.166. The maximum atomic E-state index is 13.0. The molecule has 2 aromatic rings. The van der Waals surface area contributed by atoms with Gasteiger partial charge in [-0.05, 0) is 68.7 Å². The minimum absolute atomic E-state index is 0.0320. The van der Waals surface area contributed by atoms with Crippen LogP contribution in [0.15, 0.2) is 53.4 Å². The number of rotatable bonds is 14. The van der Waals surface area contributed by atoms with Crippen LogP contribution in [-0.4, -0.2) is 45.0 Å². The predicted octanol–water partition coefficient (Wildman–Crippen LogP) is 5.82. The molecular formula is C27H36NO7PS. The number of hydrogen-bond acceptors (Lipinski definition) is 7. The van der Waals surface area contributed by atoms with Gasteiger partial charge in [-0.25, -0.2) is 17.8 Å². The molecule has 10 heteroatoms. The third-order valence-corrected chi connectivity index (χ3v) is 8.72. The first-order chi connectivity index (χ1) is 17.7. The van der Waals surface area contributed by atoms with Gasteiger partial charge < -0.3 is 4.74 Å². The van der Waals surface area contributed by atoms with Crippen LogP contribution in [0.5, 0.6) is 0 Å². The zero-order chi connectivity index (χ0) is 27.3. The Morgan fingerprint density at radius 3 is 2.05 bits per heavy atom. The second-order valence-electron chi connectivity index (χ2n) is 8.12. The van der Waals surface area contributed by atoms with Gasteiger partial charge in [0, 0.05) is 24.3 Å². The molecule has 0 amide bonds. The molecule has 0 saturated carbocycles. The lowest BCUT2D eigenvalue weighted by molar-refractivity contribution is 0.0472. The Bertz CT molecular complexity index is 1210. The maximum Gasteiger partial charge on any atom is 0.405 e. The fourth-order valence-corrected chi connectivity index (χ4v) is 6.06. The zero-order valence-electron chi connectivity index (χ0n) is 21.9. The molecule has 202 valence electrons. The van der Waals surface area contributed by atoms with E-state index in [-0.39, 0.29) is 30.3 Å². The molecule has 2 rings (SSSR count). The van der Waals surface area contributed by atoms with Gasteiger partial charge in [0.1, 0.15) is 6.61 Å². The van der Waals surface area contributed by atoms with Crippen molar-refractivity contribution in [2.75, 3.05) is 26.3 Å². The first-order valence-electron chi connectivity index (χ1n) is 12.5. The van der Waals surface area contributed by atoms with Crippen molar-refractivity contribution in [3.8, 4) is 11.6 Å². The van der Waals surface area contributed by atoms with Gasteiger partial charge in [0.05, 0.1) is 23.7 Å². The molecule has 8 nitrogen and oxygen atoms in total. The molecule has 0 saturated heterocycles.